The Hall–Kier alpha value is 2.97. The molecule has 0 heterocycles. The third kappa shape index (κ3) is 19.5. The van der Waals surface area contributed by atoms with Crippen molar-refractivity contribution in [2.75, 3.05) is 0 Å². The second kappa shape index (κ2) is 28.1. The van der Waals surface area contributed by atoms with E-state index in [1.165, 1.54) is 0 Å². The van der Waals surface area contributed by atoms with Crippen LogP contribution in [0.5, 0.6) is 0 Å². The van der Waals surface area contributed by atoms with Crippen LogP contribution in [0.4, 0.5) is 0 Å². The predicted octanol–water partition coefficient (Wildman–Crippen LogP) is -1.15. The molecule has 5 heavy (non-hydrogen) atoms. The summed E-state index contributed by atoms with van der Waals surface area (Å²) in [5, 5.41) is 0. The van der Waals surface area contributed by atoms with Gasteiger partial charge in [-0.25, -0.2) is 0 Å². The Morgan fingerprint density at radius 2 is 0.400 bits per heavy atom. The molecule has 0 bridgehead atoms. The largest absolute Gasteiger partial charge is 0 e. The molecule has 9 radical (unpaired) electrons. The normalized spacial score (nSPS) is 0. The fourth-order valence-electron chi connectivity index (χ4n) is 0. The van der Waals surface area contributed by atoms with Gasteiger partial charge in [-0.05, 0) is 0 Å². The molecule has 0 aliphatic heterocycles. The van der Waals surface area contributed by atoms with Crippen LogP contribution in [-0.2, 0) is 42.1 Å². The van der Waals surface area contributed by atoms with Crippen LogP contribution >= 0.6 is 0 Å². The molecule has 5 heteroatoms. The Morgan fingerprint density at radius 3 is 0.400 bits per heavy atom. The standard InChI is InChI=1S/3Al.2Pt. The van der Waals surface area contributed by atoms with E-state index in [1.54, 1.807) is 0 Å². The summed E-state index contributed by atoms with van der Waals surface area (Å²) < 4.78 is 0. The quantitative estimate of drug-likeness (QED) is 0.392. The molecule has 0 aromatic carbocycles. The van der Waals surface area contributed by atoms with Gasteiger partial charge in [0.05, 0.1) is 0 Å². The van der Waals surface area contributed by atoms with Crippen molar-refractivity contribution in [2.45, 2.75) is 0 Å². The summed E-state index contributed by atoms with van der Waals surface area (Å²) in [6.45, 7) is 0. The molecule has 0 aromatic rings. The molecule has 0 fully saturated rings. The summed E-state index contributed by atoms with van der Waals surface area (Å²) in [5.41, 5.74) is 0. The van der Waals surface area contributed by atoms with E-state index in [2.05, 4.69) is 0 Å². The van der Waals surface area contributed by atoms with E-state index in [1.807, 2.05) is 0 Å². The van der Waals surface area contributed by atoms with Crippen molar-refractivity contribution >= 4 is 52.1 Å². The molecule has 0 N–H and O–H groups in total. The molecule has 0 aliphatic carbocycles. The maximum atomic E-state index is 0. The molecule has 0 nitrogen and oxygen atoms in total. The summed E-state index contributed by atoms with van der Waals surface area (Å²) in [6, 6.07) is 0. The molecule has 0 rings (SSSR count). The van der Waals surface area contributed by atoms with Crippen LogP contribution in [-0.4, -0.2) is 52.1 Å². The second-order valence-electron chi connectivity index (χ2n) is 0. The van der Waals surface area contributed by atoms with Crippen LogP contribution in [0.1, 0.15) is 0 Å². The van der Waals surface area contributed by atoms with Gasteiger partial charge in [0.1, 0.15) is 0 Å². The molecule has 0 amide bonds. The van der Waals surface area contributed by atoms with Gasteiger partial charge in [0.25, 0.3) is 0 Å². The summed E-state index contributed by atoms with van der Waals surface area (Å²) in [7, 11) is 0. The smallest absolute Gasteiger partial charge is 0 e. The second-order valence-corrected chi connectivity index (χ2v) is 0. The SMILES string of the molecule is [Al].[Al].[Al].[Pt].[Pt]. The van der Waals surface area contributed by atoms with E-state index in [9.17, 15) is 0 Å². The van der Waals surface area contributed by atoms with Gasteiger partial charge in [0.2, 0.25) is 0 Å². The van der Waals surface area contributed by atoms with Crippen LogP contribution in [0.2, 0.25) is 0 Å². The Bertz CT molecular complexity index is 4.85. The molecule has 29 valence electrons. The van der Waals surface area contributed by atoms with Gasteiger partial charge in [-0.1, -0.05) is 0 Å². The van der Waals surface area contributed by atoms with Crippen molar-refractivity contribution in [3.8, 4) is 0 Å². The third-order valence-electron chi connectivity index (χ3n) is 0. The fraction of sp³-hybridized carbons (Fsp3) is 0. The van der Waals surface area contributed by atoms with Gasteiger partial charge in [0.15, 0.2) is 0 Å². The van der Waals surface area contributed by atoms with Crippen LogP contribution in [0.15, 0.2) is 0 Å². The first-order valence-corrected chi connectivity index (χ1v) is 0. The minimum Gasteiger partial charge on any atom is 0 e. The van der Waals surface area contributed by atoms with Crippen LogP contribution < -0.4 is 0 Å². The zero-order valence-corrected chi connectivity index (χ0v) is 10.4. The van der Waals surface area contributed by atoms with Gasteiger partial charge < -0.3 is 0 Å². The van der Waals surface area contributed by atoms with E-state index in [0.29, 0.717) is 0 Å². The molecule has 0 aliphatic rings. The van der Waals surface area contributed by atoms with Gasteiger partial charge >= 0.3 is 0 Å². The number of rotatable bonds is 0. The van der Waals surface area contributed by atoms with Crippen LogP contribution in [0, 0.1) is 0 Å². The van der Waals surface area contributed by atoms with E-state index < -0.39 is 0 Å². The van der Waals surface area contributed by atoms with Crippen molar-refractivity contribution in [3.05, 3.63) is 0 Å². The number of hydrogen-bond acceptors (Lipinski definition) is 0. The van der Waals surface area contributed by atoms with Crippen molar-refractivity contribution < 1.29 is 42.1 Å². The van der Waals surface area contributed by atoms with Crippen molar-refractivity contribution in [1.82, 2.24) is 0 Å². The third-order valence-corrected chi connectivity index (χ3v) is 0. The van der Waals surface area contributed by atoms with Gasteiger partial charge in [0, 0.05) is 94.2 Å². The van der Waals surface area contributed by atoms with Gasteiger partial charge in [-0.15, -0.1) is 0 Å². The Morgan fingerprint density at radius 1 is 0.400 bits per heavy atom. The topological polar surface area (TPSA) is 0 Å². The van der Waals surface area contributed by atoms with Crippen LogP contribution in [0.3, 0.4) is 0 Å². The van der Waals surface area contributed by atoms with Gasteiger partial charge in [-0.2, -0.15) is 0 Å². The molecule has 0 saturated carbocycles. The van der Waals surface area contributed by atoms with Crippen molar-refractivity contribution in [2.24, 2.45) is 0 Å². The molecular formula is Al3Pt2. The monoisotopic (exact) mass is 471 g/mol. The van der Waals surface area contributed by atoms with Crippen molar-refractivity contribution in [3.63, 3.8) is 0 Å². The van der Waals surface area contributed by atoms with Gasteiger partial charge in [-0.3, -0.25) is 0 Å². The average molecular weight is 471 g/mol. The summed E-state index contributed by atoms with van der Waals surface area (Å²) in [6.07, 6.45) is 0. The Kier molecular flexibility index (Phi) is 247. The zero-order valence-electron chi connectivity index (χ0n) is 2.36. The van der Waals surface area contributed by atoms with E-state index >= 15 is 0 Å². The first-order chi connectivity index (χ1) is 0. The maximum Gasteiger partial charge on any atom is 0 e. The molecule has 0 atom stereocenters. The van der Waals surface area contributed by atoms with Crippen molar-refractivity contribution in [1.29, 1.82) is 0 Å². The first kappa shape index (κ1) is 43.8. The predicted molar refractivity (Wildman–Crippen MR) is 17.3 cm³/mol. The molecule has 0 spiro atoms. The zero-order chi connectivity index (χ0) is 0. The molecule has 0 unspecified atom stereocenters. The molecular weight excluding hydrogens is 471 g/mol. The summed E-state index contributed by atoms with van der Waals surface area (Å²) >= 11 is 0. The first-order valence-electron chi connectivity index (χ1n) is 0. The Balaban J connectivity index is 0. The average Bonchev–Trinajstić information content (AvgIpc) is 0. The molecule has 0 aromatic heterocycles. The van der Waals surface area contributed by atoms with E-state index in [0.717, 1.165) is 0 Å². The fourth-order valence-corrected chi connectivity index (χ4v) is 0. The maximum absolute atomic E-state index is 0. The molecule has 0 saturated heterocycles. The summed E-state index contributed by atoms with van der Waals surface area (Å²) in [4.78, 5) is 0. The van der Waals surface area contributed by atoms with Crippen LogP contribution in [0.25, 0.3) is 0 Å². The van der Waals surface area contributed by atoms with E-state index in [4.69, 9.17) is 0 Å². The minimum absolute atomic E-state index is 0. The Labute approximate surface area is 92.8 Å². The minimum atomic E-state index is 0. The number of hydrogen-bond donors (Lipinski definition) is 0. The van der Waals surface area contributed by atoms with E-state index in [-0.39, 0.29) is 94.2 Å². The summed E-state index contributed by atoms with van der Waals surface area (Å²) in [5.74, 6) is 0.